The Morgan fingerprint density at radius 2 is 1.96 bits per heavy atom. The van der Waals surface area contributed by atoms with Crippen LogP contribution in [0.25, 0.3) is 10.2 Å². The van der Waals surface area contributed by atoms with Gasteiger partial charge in [-0.05, 0) is 30.2 Å². The highest BCUT2D eigenvalue weighted by Crippen LogP contribution is 2.29. The lowest BCUT2D eigenvalue weighted by atomic mass is 10.1. The minimum absolute atomic E-state index is 0.0802. The van der Waals surface area contributed by atoms with Crippen molar-refractivity contribution >= 4 is 27.5 Å². The zero-order valence-corrected chi connectivity index (χ0v) is 17.0. The second-order valence-corrected chi connectivity index (χ2v) is 7.47. The van der Waals surface area contributed by atoms with Gasteiger partial charge < -0.3 is 15.2 Å². The van der Waals surface area contributed by atoms with E-state index >= 15 is 0 Å². The number of primary amides is 1. The maximum Gasteiger partial charge on any atom is 0.262 e. The zero-order chi connectivity index (χ0) is 20.3. The summed E-state index contributed by atoms with van der Waals surface area (Å²) in [7, 11) is 3.16. The first kappa shape index (κ1) is 19.9. The van der Waals surface area contributed by atoms with Crippen molar-refractivity contribution in [1.29, 1.82) is 0 Å². The highest BCUT2D eigenvalue weighted by atomic mass is 32.1. The van der Waals surface area contributed by atoms with Crippen molar-refractivity contribution in [2.45, 2.75) is 32.7 Å². The predicted octanol–water partition coefficient (Wildman–Crippen LogP) is 2.50. The number of aromatic nitrogens is 2. The average molecular weight is 401 g/mol. The van der Waals surface area contributed by atoms with E-state index in [4.69, 9.17) is 20.2 Å². The minimum atomic E-state index is -0.455. The molecular formula is C20H23N3O4S. The fraction of sp³-hybridized carbons (Fsp3) is 0.350. The van der Waals surface area contributed by atoms with E-state index in [1.807, 2.05) is 31.2 Å². The highest BCUT2D eigenvalue weighted by Gasteiger charge is 2.16. The maximum absolute atomic E-state index is 13.0. The molecule has 0 atom stereocenters. The van der Waals surface area contributed by atoms with Crippen LogP contribution in [0.3, 0.4) is 0 Å². The third-order valence-corrected chi connectivity index (χ3v) is 5.69. The van der Waals surface area contributed by atoms with Gasteiger partial charge in [0.1, 0.15) is 10.7 Å². The van der Waals surface area contributed by atoms with Crippen LogP contribution in [0.15, 0.2) is 29.1 Å². The van der Waals surface area contributed by atoms with E-state index < -0.39 is 5.91 Å². The highest BCUT2D eigenvalue weighted by molar-refractivity contribution is 7.18. The number of aryl methyl sites for hydroxylation is 1. The summed E-state index contributed by atoms with van der Waals surface area (Å²) in [6.07, 6.45) is 1.34. The normalized spacial score (nSPS) is 11.0. The Hall–Kier alpha value is -2.87. The number of hydrogen-bond acceptors (Lipinski definition) is 6. The summed E-state index contributed by atoms with van der Waals surface area (Å²) in [5.74, 6) is 1.38. The van der Waals surface area contributed by atoms with Crippen molar-refractivity contribution < 1.29 is 14.3 Å². The number of thiophene rings is 1. The number of carbonyl (C=O) groups excluding carboxylic acids is 1. The Morgan fingerprint density at radius 1 is 1.21 bits per heavy atom. The fourth-order valence-corrected chi connectivity index (χ4v) is 4.02. The molecule has 0 aliphatic heterocycles. The van der Waals surface area contributed by atoms with Crippen LogP contribution < -0.4 is 20.8 Å². The summed E-state index contributed by atoms with van der Waals surface area (Å²) >= 11 is 1.52. The van der Waals surface area contributed by atoms with Crippen LogP contribution in [0.1, 0.15) is 29.6 Å². The molecule has 2 aromatic heterocycles. The summed E-state index contributed by atoms with van der Waals surface area (Å²) < 4.78 is 12.2. The van der Waals surface area contributed by atoms with Crippen molar-refractivity contribution in [2.75, 3.05) is 14.2 Å². The number of ether oxygens (including phenoxy) is 2. The smallest absolute Gasteiger partial charge is 0.262 e. The van der Waals surface area contributed by atoms with Gasteiger partial charge in [0.15, 0.2) is 11.5 Å². The van der Waals surface area contributed by atoms with Crippen LogP contribution in [-0.4, -0.2) is 29.7 Å². The van der Waals surface area contributed by atoms with Crippen LogP contribution in [-0.2, 0) is 24.2 Å². The van der Waals surface area contributed by atoms with E-state index in [1.165, 1.54) is 11.3 Å². The number of fused-ring (bicyclic) bond motifs is 1. The lowest BCUT2D eigenvalue weighted by Crippen LogP contribution is -2.27. The third-order valence-electron chi connectivity index (χ3n) is 4.52. The molecule has 0 radical (unpaired) electrons. The molecule has 0 aliphatic rings. The fourth-order valence-electron chi connectivity index (χ4n) is 3.04. The van der Waals surface area contributed by atoms with Gasteiger partial charge >= 0.3 is 0 Å². The maximum atomic E-state index is 13.0. The number of nitrogens with two attached hydrogens (primary N) is 1. The molecule has 0 saturated heterocycles. The lowest BCUT2D eigenvalue weighted by molar-refractivity contribution is -0.118. The predicted molar refractivity (Wildman–Crippen MR) is 109 cm³/mol. The number of methoxy groups -OCH3 is 2. The van der Waals surface area contributed by atoms with E-state index in [1.54, 1.807) is 18.8 Å². The monoisotopic (exact) mass is 401 g/mol. The first-order valence-electron chi connectivity index (χ1n) is 8.98. The van der Waals surface area contributed by atoms with E-state index in [0.29, 0.717) is 34.0 Å². The molecule has 3 rings (SSSR count). The molecule has 7 nitrogen and oxygen atoms in total. The van der Waals surface area contributed by atoms with Crippen molar-refractivity contribution in [1.82, 2.24) is 9.55 Å². The van der Waals surface area contributed by atoms with Crippen molar-refractivity contribution in [3.63, 3.8) is 0 Å². The molecule has 0 spiro atoms. The first-order valence-corrected chi connectivity index (χ1v) is 9.79. The van der Waals surface area contributed by atoms with Gasteiger partial charge in [-0.3, -0.25) is 14.2 Å². The molecular weight excluding hydrogens is 378 g/mol. The Morgan fingerprint density at radius 3 is 2.61 bits per heavy atom. The number of amides is 1. The van der Waals surface area contributed by atoms with E-state index in [2.05, 4.69) is 0 Å². The topological polar surface area (TPSA) is 96.4 Å². The van der Waals surface area contributed by atoms with E-state index in [0.717, 1.165) is 16.9 Å². The minimum Gasteiger partial charge on any atom is -0.493 e. The van der Waals surface area contributed by atoms with Crippen LogP contribution in [0.2, 0.25) is 0 Å². The molecule has 0 saturated carbocycles. The molecule has 0 aliphatic carbocycles. The number of benzene rings is 1. The van der Waals surface area contributed by atoms with Gasteiger partial charge in [-0.25, -0.2) is 4.98 Å². The molecule has 8 heteroatoms. The van der Waals surface area contributed by atoms with Crippen LogP contribution in [0.4, 0.5) is 0 Å². The van der Waals surface area contributed by atoms with Gasteiger partial charge in [-0.2, -0.15) is 0 Å². The standard InChI is InChI=1S/C20H23N3O4S/c1-4-13-11-14-19(28-13)22-18(23(20(14)25)8-7-17(21)24)10-12-5-6-15(26-2)16(9-12)27-3/h5-6,9,11H,4,7-8,10H2,1-3H3,(H2,21,24). The summed E-state index contributed by atoms with van der Waals surface area (Å²) in [5, 5.41) is 0.586. The zero-order valence-electron chi connectivity index (χ0n) is 16.2. The lowest BCUT2D eigenvalue weighted by Gasteiger charge is -2.13. The van der Waals surface area contributed by atoms with E-state index in [-0.39, 0.29) is 18.5 Å². The van der Waals surface area contributed by atoms with Crippen molar-refractivity contribution in [2.24, 2.45) is 5.73 Å². The average Bonchev–Trinajstić information content (AvgIpc) is 3.11. The number of hydrogen-bond donors (Lipinski definition) is 1. The molecule has 2 N–H and O–H groups in total. The number of nitrogens with zero attached hydrogens (tertiary/aromatic N) is 2. The molecule has 1 amide bonds. The molecule has 28 heavy (non-hydrogen) atoms. The Bertz CT molecular complexity index is 1070. The molecule has 0 fully saturated rings. The van der Waals surface area contributed by atoms with Crippen LogP contribution >= 0.6 is 11.3 Å². The largest absolute Gasteiger partial charge is 0.493 e. The van der Waals surface area contributed by atoms with Gasteiger partial charge in [0, 0.05) is 24.3 Å². The van der Waals surface area contributed by atoms with Crippen LogP contribution in [0.5, 0.6) is 11.5 Å². The van der Waals surface area contributed by atoms with Gasteiger partial charge in [-0.15, -0.1) is 11.3 Å². The Labute approximate surface area is 166 Å². The first-order chi connectivity index (χ1) is 13.5. The molecule has 3 aromatic rings. The Kier molecular flexibility index (Phi) is 5.99. The molecule has 1 aromatic carbocycles. The number of rotatable bonds is 8. The molecule has 148 valence electrons. The number of carbonyl (C=O) groups is 1. The van der Waals surface area contributed by atoms with Gasteiger partial charge in [0.25, 0.3) is 5.56 Å². The summed E-state index contributed by atoms with van der Waals surface area (Å²) in [4.78, 5) is 30.9. The van der Waals surface area contributed by atoms with Gasteiger partial charge in [0.05, 0.1) is 19.6 Å². The quantitative estimate of drug-likeness (QED) is 0.626. The van der Waals surface area contributed by atoms with E-state index in [9.17, 15) is 9.59 Å². The summed E-state index contributed by atoms with van der Waals surface area (Å²) in [5.41, 5.74) is 6.08. The molecule has 0 bridgehead atoms. The summed E-state index contributed by atoms with van der Waals surface area (Å²) in [6, 6.07) is 7.47. The van der Waals surface area contributed by atoms with Crippen LogP contribution in [0, 0.1) is 0 Å². The molecule has 2 heterocycles. The summed E-state index contributed by atoms with van der Waals surface area (Å²) in [6.45, 7) is 2.25. The second kappa shape index (κ2) is 8.43. The Balaban J connectivity index is 2.08. The molecule has 0 unspecified atom stereocenters. The van der Waals surface area contributed by atoms with Gasteiger partial charge in [-0.1, -0.05) is 13.0 Å². The third kappa shape index (κ3) is 4.01. The SMILES string of the molecule is CCc1cc2c(=O)n(CCC(N)=O)c(Cc3ccc(OC)c(OC)c3)nc2s1. The second-order valence-electron chi connectivity index (χ2n) is 6.35. The van der Waals surface area contributed by atoms with Gasteiger partial charge in [0.2, 0.25) is 5.91 Å². The van der Waals surface area contributed by atoms with Crippen molar-refractivity contribution in [3.8, 4) is 11.5 Å². The van der Waals surface area contributed by atoms with Crippen molar-refractivity contribution in [3.05, 3.63) is 50.9 Å².